The zero-order chi connectivity index (χ0) is 8.39. The second-order valence-corrected chi connectivity index (χ2v) is 2.37. The molecule has 62 valence electrons. The monoisotopic (exact) mass is 163 g/mol. The van der Waals surface area contributed by atoms with Gasteiger partial charge in [0.1, 0.15) is 6.33 Å². The van der Waals surface area contributed by atoms with Crippen molar-refractivity contribution in [2.45, 2.75) is 6.92 Å². The Bertz CT molecular complexity index is 380. The van der Waals surface area contributed by atoms with Crippen LogP contribution in [0, 0.1) is 0 Å². The van der Waals surface area contributed by atoms with E-state index in [9.17, 15) is 0 Å². The summed E-state index contributed by atoms with van der Waals surface area (Å²) in [4.78, 5) is 0. The average molecular weight is 163 g/mol. The van der Waals surface area contributed by atoms with Gasteiger partial charge >= 0.3 is 0 Å². The minimum absolute atomic E-state index is 0.763. The van der Waals surface area contributed by atoms with Crippen molar-refractivity contribution < 1.29 is 0 Å². The van der Waals surface area contributed by atoms with E-state index in [2.05, 4.69) is 20.6 Å². The van der Waals surface area contributed by atoms with Crippen LogP contribution in [0.3, 0.4) is 0 Å². The quantitative estimate of drug-likeness (QED) is 0.702. The van der Waals surface area contributed by atoms with Crippen molar-refractivity contribution in [3.05, 3.63) is 18.6 Å². The fourth-order valence-corrected chi connectivity index (χ4v) is 1.07. The first-order chi connectivity index (χ1) is 5.92. The highest BCUT2D eigenvalue weighted by Crippen LogP contribution is 2.10. The predicted octanol–water partition coefficient (Wildman–Crippen LogP) is 0.556. The Hall–Kier alpha value is -1.65. The van der Waals surface area contributed by atoms with E-state index in [-0.39, 0.29) is 0 Å². The van der Waals surface area contributed by atoms with Gasteiger partial charge in [-0.05, 0) is 13.0 Å². The van der Waals surface area contributed by atoms with Crippen LogP contribution >= 0.6 is 0 Å². The number of anilines is 1. The lowest BCUT2D eigenvalue weighted by atomic mass is 10.4. The van der Waals surface area contributed by atoms with Crippen LogP contribution in [0.15, 0.2) is 18.6 Å². The van der Waals surface area contributed by atoms with Crippen LogP contribution in [0.4, 0.5) is 5.69 Å². The van der Waals surface area contributed by atoms with E-state index in [4.69, 9.17) is 0 Å². The second-order valence-electron chi connectivity index (χ2n) is 2.37. The summed E-state index contributed by atoms with van der Waals surface area (Å²) in [6, 6.07) is 1.88. The smallest absolute Gasteiger partial charge is 0.200 e. The summed E-state index contributed by atoms with van der Waals surface area (Å²) in [5.74, 6) is 0. The minimum atomic E-state index is 0.763. The predicted molar refractivity (Wildman–Crippen MR) is 44.9 cm³/mol. The van der Waals surface area contributed by atoms with Gasteiger partial charge in [-0.25, -0.2) is 0 Å². The van der Waals surface area contributed by atoms with E-state index in [1.807, 2.05) is 13.0 Å². The molecule has 0 aliphatic heterocycles. The molecule has 0 amide bonds. The number of hydrogen-bond acceptors (Lipinski definition) is 4. The molecular formula is C7H9N5. The zero-order valence-corrected chi connectivity index (χ0v) is 6.73. The molecule has 2 aromatic rings. The van der Waals surface area contributed by atoms with Crippen LogP contribution in [-0.4, -0.2) is 26.4 Å². The van der Waals surface area contributed by atoms with Crippen molar-refractivity contribution in [3.8, 4) is 0 Å². The topological polar surface area (TPSA) is 55.1 Å². The van der Waals surface area contributed by atoms with Gasteiger partial charge in [0.25, 0.3) is 0 Å². The maximum absolute atomic E-state index is 4.04. The van der Waals surface area contributed by atoms with E-state index < -0.39 is 0 Å². The Balaban J connectivity index is 2.57. The highest BCUT2D eigenvalue weighted by molar-refractivity contribution is 5.65. The number of hydrogen-bond donors (Lipinski definition) is 1. The molecular weight excluding hydrogens is 154 g/mol. The van der Waals surface area contributed by atoms with E-state index in [1.54, 1.807) is 17.0 Å². The summed E-state index contributed by atoms with van der Waals surface area (Å²) in [5, 5.41) is 14.9. The Kier molecular flexibility index (Phi) is 1.62. The number of nitrogens with zero attached hydrogens (tertiary/aromatic N) is 4. The molecule has 0 unspecified atom stereocenters. The van der Waals surface area contributed by atoms with Gasteiger partial charge < -0.3 is 5.32 Å². The number of rotatable bonds is 2. The van der Waals surface area contributed by atoms with Crippen molar-refractivity contribution in [2.75, 3.05) is 11.9 Å². The van der Waals surface area contributed by atoms with Gasteiger partial charge in [-0.3, -0.25) is 0 Å². The molecule has 0 spiro atoms. The van der Waals surface area contributed by atoms with Crippen LogP contribution in [0.5, 0.6) is 0 Å². The fraction of sp³-hybridized carbons (Fsp3) is 0.286. The first-order valence-electron chi connectivity index (χ1n) is 3.80. The molecule has 0 atom stereocenters. The average Bonchev–Trinajstić information content (AvgIpc) is 2.53. The largest absolute Gasteiger partial charge is 0.382 e. The maximum Gasteiger partial charge on any atom is 0.200 e. The van der Waals surface area contributed by atoms with E-state index in [0.29, 0.717) is 0 Å². The third-order valence-electron chi connectivity index (χ3n) is 1.57. The van der Waals surface area contributed by atoms with Crippen LogP contribution in [0.1, 0.15) is 6.92 Å². The molecule has 2 aromatic heterocycles. The molecule has 5 heteroatoms. The van der Waals surface area contributed by atoms with Crippen LogP contribution in [0.2, 0.25) is 0 Å². The van der Waals surface area contributed by atoms with Gasteiger partial charge in [-0.2, -0.15) is 9.61 Å². The number of aromatic nitrogens is 4. The van der Waals surface area contributed by atoms with Crippen molar-refractivity contribution in [3.63, 3.8) is 0 Å². The molecule has 0 saturated carbocycles. The summed E-state index contributed by atoms with van der Waals surface area (Å²) in [6.07, 6.45) is 3.30. The lowest BCUT2D eigenvalue weighted by molar-refractivity contribution is 0.925. The minimum Gasteiger partial charge on any atom is -0.382 e. The van der Waals surface area contributed by atoms with Crippen molar-refractivity contribution >= 4 is 11.3 Å². The molecule has 5 nitrogen and oxygen atoms in total. The van der Waals surface area contributed by atoms with Crippen molar-refractivity contribution in [2.24, 2.45) is 0 Å². The SMILES string of the molecule is CCNc1ccnn2cnnc12. The van der Waals surface area contributed by atoms with Crippen molar-refractivity contribution in [1.82, 2.24) is 19.8 Å². The molecule has 0 bridgehead atoms. The Labute approximate surface area is 69.4 Å². The zero-order valence-electron chi connectivity index (χ0n) is 6.73. The lowest BCUT2D eigenvalue weighted by Gasteiger charge is -2.01. The lowest BCUT2D eigenvalue weighted by Crippen LogP contribution is -2.00. The van der Waals surface area contributed by atoms with Crippen molar-refractivity contribution in [1.29, 1.82) is 0 Å². The standard InChI is InChI=1S/C7H9N5/c1-2-8-6-3-4-10-12-5-9-11-7(6)12/h3-5,8H,2H2,1H3. The van der Waals surface area contributed by atoms with Gasteiger partial charge in [0, 0.05) is 6.54 Å². The number of fused-ring (bicyclic) bond motifs is 1. The molecule has 0 aliphatic rings. The second kappa shape index (κ2) is 2.77. The molecule has 1 N–H and O–H groups in total. The third kappa shape index (κ3) is 0.990. The summed E-state index contributed by atoms with van der Waals surface area (Å²) in [5.41, 5.74) is 1.73. The maximum atomic E-state index is 4.04. The van der Waals surface area contributed by atoms with Gasteiger partial charge in [0.05, 0.1) is 11.9 Å². The number of nitrogens with one attached hydrogen (secondary N) is 1. The van der Waals surface area contributed by atoms with Gasteiger partial charge in [-0.15, -0.1) is 10.2 Å². The summed E-state index contributed by atoms with van der Waals surface area (Å²) in [6.45, 7) is 2.90. The Morgan fingerprint density at radius 1 is 1.58 bits per heavy atom. The molecule has 12 heavy (non-hydrogen) atoms. The van der Waals surface area contributed by atoms with Gasteiger partial charge in [0.15, 0.2) is 0 Å². The van der Waals surface area contributed by atoms with Gasteiger partial charge in [0.2, 0.25) is 5.65 Å². The molecule has 0 aliphatic carbocycles. The van der Waals surface area contributed by atoms with Gasteiger partial charge in [-0.1, -0.05) is 0 Å². The Morgan fingerprint density at radius 2 is 2.50 bits per heavy atom. The molecule has 2 rings (SSSR count). The van der Waals surface area contributed by atoms with E-state index in [1.165, 1.54) is 0 Å². The summed E-state index contributed by atoms with van der Waals surface area (Å²) in [7, 11) is 0. The van der Waals surface area contributed by atoms with Crippen LogP contribution in [-0.2, 0) is 0 Å². The first-order valence-corrected chi connectivity index (χ1v) is 3.80. The van der Waals surface area contributed by atoms with E-state index >= 15 is 0 Å². The highest BCUT2D eigenvalue weighted by Gasteiger charge is 2.00. The highest BCUT2D eigenvalue weighted by atomic mass is 15.3. The Morgan fingerprint density at radius 3 is 3.33 bits per heavy atom. The molecule has 0 aromatic carbocycles. The molecule has 0 fully saturated rings. The first kappa shape index (κ1) is 7.02. The molecule has 2 heterocycles. The van der Waals surface area contributed by atoms with Crippen LogP contribution in [0.25, 0.3) is 5.65 Å². The van der Waals surface area contributed by atoms with Crippen LogP contribution < -0.4 is 5.32 Å². The summed E-state index contributed by atoms with van der Waals surface area (Å²) >= 11 is 0. The third-order valence-corrected chi connectivity index (χ3v) is 1.57. The molecule has 0 radical (unpaired) electrons. The summed E-state index contributed by atoms with van der Waals surface area (Å²) < 4.78 is 1.64. The fourth-order valence-electron chi connectivity index (χ4n) is 1.07. The normalized spacial score (nSPS) is 10.4. The molecule has 0 saturated heterocycles. The van der Waals surface area contributed by atoms with E-state index in [0.717, 1.165) is 17.9 Å².